The SMILES string of the molecule is CC1(C(=O)O)CCN(c2noc(-c3ccccc3)n2)C1. The van der Waals surface area contributed by atoms with E-state index in [0.717, 1.165) is 5.56 Å². The summed E-state index contributed by atoms with van der Waals surface area (Å²) in [6, 6.07) is 9.50. The third-order valence-electron chi connectivity index (χ3n) is 3.71. The van der Waals surface area contributed by atoms with Crippen LogP contribution in [0.2, 0.25) is 0 Å². The lowest BCUT2D eigenvalue weighted by atomic mass is 9.90. The Morgan fingerprint density at radius 3 is 2.80 bits per heavy atom. The number of anilines is 1. The van der Waals surface area contributed by atoms with Crippen molar-refractivity contribution in [2.24, 2.45) is 5.41 Å². The first-order chi connectivity index (χ1) is 9.58. The maximum Gasteiger partial charge on any atom is 0.311 e. The first-order valence-corrected chi connectivity index (χ1v) is 6.46. The molecule has 0 saturated carbocycles. The van der Waals surface area contributed by atoms with E-state index in [4.69, 9.17) is 4.52 Å². The van der Waals surface area contributed by atoms with Crippen LogP contribution in [0, 0.1) is 5.41 Å². The maximum absolute atomic E-state index is 11.2. The van der Waals surface area contributed by atoms with Crippen LogP contribution in [0.5, 0.6) is 0 Å². The molecular formula is C14H15N3O3. The number of carboxylic acids is 1. The second-order valence-corrected chi connectivity index (χ2v) is 5.30. The van der Waals surface area contributed by atoms with E-state index in [1.165, 1.54) is 0 Å². The molecule has 0 bridgehead atoms. The molecule has 20 heavy (non-hydrogen) atoms. The summed E-state index contributed by atoms with van der Waals surface area (Å²) < 4.78 is 5.24. The van der Waals surface area contributed by atoms with Gasteiger partial charge in [0.2, 0.25) is 0 Å². The number of nitrogens with zero attached hydrogens (tertiary/aromatic N) is 3. The fourth-order valence-corrected chi connectivity index (χ4v) is 2.35. The summed E-state index contributed by atoms with van der Waals surface area (Å²) in [7, 11) is 0. The average Bonchev–Trinajstić information content (AvgIpc) is 3.07. The van der Waals surface area contributed by atoms with Gasteiger partial charge in [0.1, 0.15) is 0 Å². The number of benzene rings is 1. The summed E-state index contributed by atoms with van der Waals surface area (Å²) >= 11 is 0. The molecule has 3 rings (SSSR count). The largest absolute Gasteiger partial charge is 0.481 e. The Balaban J connectivity index is 1.80. The molecule has 1 fully saturated rings. The van der Waals surface area contributed by atoms with Crippen molar-refractivity contribution in [3.8, 4) is 11.5 Å². The summed E-state index contributed by atoms with van der Waals surface area (Å²) in [5.41, 5.74) is 0.111. The molecule has 0 aliphatic carbocycles. The zero-order valence-corrected chi connectivity index (χ0v) is 11.1. The number of hydrogen-bond acceptors (Lipinski definition) is 5. The molecule has 1 atom stereocenters. The summed E-state index contributed by atoms with van der Waals surface area (Å²) in [5.74, 6) is 0.116. The number of rotatable bonds is 3. The van der Waals surface area contributed by atoms with E-state index in [1.54, 1.807) is 6.92 Å². The van der Waals surface area contributed by atoms with E-state index < -0.39 is 11.4 Å². The van der Waals surface area contributed by atoms with Crippen molar-refractivity contribution in [1.82, 2.24) is 10.1 Å². The van der Waals surface area contributed by atoms with Gasteiger partial charge in [-0.2, -0.15) is 4.98 Å². The third-order valence-corrected chi connectivity index (χ3v) is 3.71. The van der Waals surface area contributed by atoms with E-state index >= 15 is 0 Å². The molecule has 1 aliphatic heterocycles. The van der Waals surface area contributed by atoms with Crippen LogP contribution in [0.3, 0.4) is 0 Å². The first kappa shape index (κ1) is 12.7. The number of hydrogen-bond donors (Lipinski definition) is 1. The van der Waals surface area contributed by atoms with Gasteiger partial charge in [0, 0.05) is 18.7 Å². The van der Waals surface area contributed by atoms with E-state index in [-0.39, 0.29) is 0 Å². The van der Waals surface area contributed by atoms with Crippen LogP contribution in [0.1, 0.15) is 13.3 Å². The molecule has 2 aromatic rings. The smallest absolute Gasteiger partial charge is 0.311 e. The summed E-state index contributed by atoms with van der Waals surface area (Å²) in [6.45, 7) is 2.76. The van der Waals surface area contributed by atoms with Crippen molar-refractivity contribution < 1.29 is 14.4 Å². The van der Waals surface area contributed by atoms with Crippen molar-refractivity contribution in [3.05, 3.63) is 30.3 Å². The molecule has 2 heterocycles. The highest BCUT2D eigenvalue weighted by atomic mass is 16.5. The Kier molecular flexibility index (Phi) is 2.93. The zero-order chi connectivity index (χ0) is 14.2. The van der Waals surface area contributed by atoms with Gasteiger partial charge < -0.3 is 14.5 Å². The van der Waals surface area contributed by atoms with Gasteiger partial charge >= 0.3 is 5.97 Å². The minimum atomic E-state index is -0.785. The molecule has 0 radical (unpaired) electrons. The van der Waals surface area contributed by atoms with Crippen molar-refractivity contribution in [2.75, 3.05) is 18.0 Å². The van der Waals surface area contributed by atoms with Gasteiger partial charge in [-0.25, -0.2) is 0 Å². The molecule has 6 heteroatoms. The Morgan fingerprint density at radius 1 is 1.40 bits per heavy atom. The minimum absolute atomic E-state index is 0.399. The van der Waals surface area contributed by atoms with Gasteiger partial charge in [0.05, 0.1) is 5.41 Å². The van der Waals surface area contributed by atoms with Crippen LogP contribution in [0.15, 0.2) is 34.9 Å². The van der Waals surface area contributed by atoms with Crippen LogP contribution < -0.4 is 4.90 Å². The van der Waals surface area contributed by atoms with Crippen LogP contribution in [0.25, 0.3) is 11.5 Å². The Morgan fingerprint density at radius 2 is 2.15 bits per heavy atom. The standard InChI is InChI=1S/C14H15N3O3/c1-14(12(18)19)7-8-17(9-14)13-15-11(20-16-13)10-5-3-2-4-6-10/h2-6H,7-9H2,1H3,(H,18,19). The molecule has 1 N–H and O–H groups in total. The first-order valence-electron chi connectivity index (χ1n) is 6.46. The van der Waals surface area contributed by atoms with Gasteiger partial charge in [-0.15, -0.1) is 0 Å². The van der Waals surface area contributed by atoms with Gasteiger partial charge in [-0.05, 0) is 30.6 Å². The van der Waals surface area contributed by atoms with Gasteiger partial charge in [0.15, 0.2) is 0 Å². The lowest BCUT2D eigenvalue weighted by Gasteiger charge is -2.18. The fraction of sp³-hybridized carbons (Fsp3) is 0.357. The van der Waals surface area contributed by atoms with Crippen LogP contribution in [-0.4, -0.2) is 34.3 Å². The molecule has 1 aliphatic rings. The average molecular weight is 273 g/mol. The summed E-state index contributed by atoms with van der Waals surface area (Å²) in [4.78, 5) is 17.4. The van der Waals surface area contributed by atoms with Crippen molar-refractivity contribution in [2.45, 2.75) is 13.3 Å². The Bertz CT molecular complexity index is 626. The maximum atomic E-state index is 11.2. The fourth-order valence-electron chi connectivity index (χ4n) is 2.35. The molecular weight excluding hydrogens is 258 g/mol. The highest BCUT2D eigenvalue weighted by molar-refractivity contribution is 5.76. The predicted molar refractivity (Wildman–Crippen MR) is 72.3 cm³/mol. The van der Waals surface area contributed by atoms with Crippen LogP contribution >= 0.6 is 0 Å². The number of aromatic nitrogens is 2. The van der Waals surface area contributed by atoms with Gasteiger partial charge in [0.25, 0.3) is 11.8 Å². The van der Waals surface area contributed by atoms with Gasteiger partial charge in [-0.3, -0.25) is 4.79 Å². The van der Waals surface area contributed by atoms with Crippen molar-refractivity contribution in [3.63, 3.8) is 0 Å². The van der Waals surface area contributed by atoms with Crippen LogP contribution in [0.4, 0.5) is 5.95 Å². The van der Waals surface area contributed by atoms with E-state index in [2.05, 4.69) is 10.1 Å². The monoisotopic (exact) mass is 273 g/mol. The second kappa shape index (κ2) is 4.63. The Hall–Kier alpha value is -2.37. The molecule has 0 amide bonds. The van der Waals surface area contributed by atoms with E-state index in [1.807, 2.05) is 35.2 Å². The predicted octanol–water partition coefficient (Wildman–Crippen LogP) is 2.04. The lowest BCUT2D eigenvalue weighted by Crippen LogP contribution is -2.32. The zero-order valence-electron chi connectivity index (χ0n) is 11.1. The molecule has 0 spiro atoms. The third kappa shape index (κ3) is 2.13. The minimum Gasteiger partial charge on any atom is -0.481 e. The molecule has 1 saturated heterocycles. The normalized spacial score (nSPS) is 22.1. The molecule has 104 valence electrons. The number of carbonyl (C=O) groups is 1. The molecule has 6 nitrogen and oxygen atoms in total. The summed E-state index contributed by atoms with van der Waals surface area (Å²) in [5, 5.41) is 13.2. The highest BCUT2D eigenvalue weighted by Gasteiger charge is 2.41. The molecule has 1 aromatic carbocycles. The quantitative estimate of drug-likeness (QED) is 0.921. The van der Waals surface area contributed by atoms with E-state index in [0.29, 0.717) is 31.3 Å². The number of carboxylic acid groups (broad SMARTS) is 1. The van der Waals surface area contributed by atoms with Crippen molar-refractivity contribution >= 4 is 11.9 Å². The van der Waals surface area contributed by atoms with E-state index in [9.17, 15) is 9.90 Å². The second-order valence-electron chi connectivity index (χ2n) is 5.30. The number of aliphatic carboxylic acids is 1. The highest BCUT2D eigenvalue weighted by Crippen LogP contribution is 2.32. The van der Waals surface area contributed by atoms with Crippen molar-refractivity contribution in [1.29, 1.82) is 0 Å². The lowest BCUT2D eigenvalue weighted by molar-refractivity contribution is -0.146. The summed E-state index contributed by atoms with van der Waals surface area (Å²) in [6.07, 6.45) is 0.581. The molecule has 1 aromatic heterocycles. The molecule has 1 unspecified atom stereocenters. The topological polar surface area (TPSA) is 79.5 Å². The Labute approximate surface area is 116 Å². The van der Waals surface area contributed by atoms with Gasteiger partial charge in [-0.1, -0.05) is 18.2 Å². The van der Waals surface area contributed by atoms with Crippen LogP contribution in [-0.2, 0) is 4.79 Å².